The van der Waals surface area contributed by atoms with Crippen molar-refractivity contribution in [3.8, 4) is 11.5 Å². The Hall–Kier alpha value is -2.55. The standard InChI is InChI=1S/C22H19BrClNO5S/c1-15-12-17(9-10-19(15)23)30-14-22(26)25(16-8-11-21(29-2)20(24)13-16)31(27,28)18-6-4-3-5-7-18/h3-13H,14H2,1-2H3. The Morgan fingerprint density at radius 3 is 2.39 bits per heavy atom. The number of carbonyl (C=O) groups excluding carboxylic acids is 1. The van der Waals surface area contributed by atoms with Gasteiger partial charge in [0.05, 0.1) is 22.7 Å². The topological polar surface area (TPSA) is 72.9 Å². The first-order valence-electron chi connectivity index (χ1n) is 9.09. The van der Waals surface area contributed by atoms with Crippen molar-refractivity contribution < 1.29 is 22.7 Å². The smallest absolute Gasteiger partial charge is 0.278 e. The largest absolute Gasteiger partial charge is 0.495 e. The number of carbonyl (C=O) groups is 1. The quantitative estimate of drug-likeness (QED) is 0.424. The van der Waals surface area contributed by atoms with Gasteiger partial charge in [0, 0.05) is 4.47 Å². The van der Waals surface area contributed by atoms with Gasteiger partial charge in [0.25, 0.3) is 15.9 Å². The van der Waals surface area contributed by atoms with Crippen molar-refractivity contribution in [2.24, 2.45) is 0 Å². The summed E-state index contributed by atoms with van der Waals surface area (Å²) in [5, 5.41) is 0.172. The number of nitrogens with zero attached hydrogens (tertiary/aromatic N) is 1. The first-order valence-corrected chi connectivity index (χ1v) is 11.7. The van der Waals surface area contributed by atoms with Crippen LogP contribution in [0.4, 0.5) is 5.69 Å². The lowest BCUT2D eigenvalue weighted by Gasteiger charge is -2.23. The van der Waals surface area contributed by atoms with Crippen LogP contribution in [0.1, 0.15) is 5.56 Å². The minimum atomic E-state index is -4.21. The van der Waals surface area contributed by atoms with Gasteiger partial charge in [0.1, 0.15) is 11.5 Å². The third-order valence-corrected chi connectivity index (χ3v) is 7.32. The predicted octanol–water partition coefficient (Wildman–Crippen LogP) is 5.22. The van der Waals surface area contributed by atoms with Gasteiger partial charge in [0.2, 0.25) is 0 Å². The fourth-order valence-electron chi connectivity index (χ4n) is 2.81. The zero-order valence-electron chi connectivity index (χ0n) is 16.7. The summed E-state index contributed by atoms with van der Waals surface area (Å²) in [6, 6.07) is 17.2. The molecule has 0 heterocycles. The zero-order valence-corrected chi connectivity index (χ0v) is 19.9. The molecule has 0 saturated heterocycles. The maximum atomic E-state index is 13.3. The van der Waals surface area contributed by atoms with E-state index in [9.17, 15) is 13.2 Å². The highest BCUT2D eigenvalue weighted by molar-refractivity contribution is 9.10. The molecule has 0 atom stereocenters. The molecule has 3 aromatic rings. The SMILES string of the molecule is COc1ccc(N(C(=O)COc2ccc(Br)c(C)c2)S(=O)(=O)c2ccccc2)cc1Cl. The molecule has 9 heteroatoms. The maximum absolute atomic E-state index is 13.3. The fraction of sp³-hybridized carbons (Fsp3) is 0.136. The zero-order chi connectivity index (χ0) is 22.6. The van der Waals surface area contributed by atoms with E-state index in [0.717, 1.165) is 10.0 Å². The van der Waals surface area contributed by atoms with E-state index in [1.54, 1.807) is 36.4 Å². The number of methoxy groups -OCH3 is 1. The molecule has 0 saturated carbocycles. The number of halogens is 2. The van der Waals surface area contributed by atoms with Gasteiger partial charge in [-0.15, -0.1) is 0 Å². The monoisotopic (exact) mass is 523 g/mol. The van der Waals surface area contributed by atoms with Crippen molar-refractivity contribution in [3.05, 3.63) is 81.8 Å². The molecule has 3 aromatic carbocycles. The molecule has 0 aliphatic heterocycles. The van der Waals surface area contributed by atoms with E-state index < -0.39 is 22.5 Å². The Morgan fingerprint density at radius 2 is 1.77 bits per heavy atom. The molecule has 0 aliphatic carbocycles. The number of anilines is 1. The first kappa shape index (κ1) is 23.1. The highest BCUT2D eigenvalue weighted by Gasteiger charge is 2.31. The van der Waals surface area contributed by atoms with Crippen molar-refractivity contribution in [2.45, 2.75) is 11.8 Å². The molecule has 6 nitrogen and oxygen atoms in total. The molecule has 0 N–H and O–H groups in total. The summed E-state index contributed by atoms with van der Waals surface area (Å²) in [5.41, 5.74) is 0.996. The predicted molar refractivity (Wildman–Crippen MR) is 123 cm³/mol. The van der Waals surface area contributed by atoms with Crippen molar-refractivity contribution in [1.82, 2.24) is 0 Å². The van der Waals surface area contributed by atoms with Gasteiger partial charge >= 0.3 is 0 Å². The highest BCUT2D eigenvalue weighted by Crippen LogP contribution is 2.32. The molecule has 0 aromatic heterocycles. The van der Waals surface area contributed by atoms with Gasteiger partial charge in [-0.1, -0.05) is 45.7 Å². The average Bonchev–Trinajstić information content (AvgIpc) is 2.75. The van der Waals surface area contributed by atoms with Gasteiger partial charge in [-0.2, -0.15) is 4.31 Å². The Kier molecular flexibility index (Phi) is 7.25. The van der Waals surface area contributed by atoms with E-state index in [-0.39, 0.29) is 15.6 Å². The molecule has 0 fully saturated rings. The van der Waals surface area contributed by atoms with E-state index in [0.29, 0.717) is 15.8 Å². The molecular weight excluding hydrogens is 506 g/mol. The summed E-state index contributed by atoms with van der Waals surface area (Å²) in [7, 11) is -2.77. The third-order valence-electron chi connectivity index (χ3n) is 4.37. The summed E-state index contributed by atoms with van der Waals surface area (Å²) < 4.78 is 38.9. The number of ether oxygens (including phenoxy) is 2. The second-order valence-electron chi connectivity index (χ2n) is 6.49. The lowest BCUT2D eigenvalue weighted by molar-refractivity contribution is -0.119. The van der Waals surface area contributed by atoms with Crippen LogP contribution in [0.25, 0.3) is 0 Å². The van der Waals surface area contributed by atoms with Crippen molar-refractivity contribution in [2.75, 3.05) is 18.0 Å². The molecule has 0 bridgehead atoms. The average molecular weight is 525 g/mol. The van der Waals surface area contributed by atoms with E-state index in [4.69, 9.17) is 21.1 Å². The summed E-state index contributed by atoms with van der Waals surface area (Å²) >= 11 is 9.59. The summed E-state index contributed by atoms with van der Waals surface area (Å²) in [5.74, 6) is 0.0287. The number of amides is 1. The van der Waals surface area contributed by atoms with Crippen molar-refractivity contribution in [3.63, 3.8) is 0 Å². The number of benzene rings is 3. The lowest BCUT2D eigenvalue weighted by Crippen LogP contribution is -2.40. The van der Waals surface area contributed by atoms with E-state index in [1.807, 2.05) is 6.92 Å². The molecule has 3 rings (SSSR count). The van der Waals surface area contributed by atoms with Crippen LogP contribution >= 0.6 is 27.5 Å². The molecule has 0 unspecified atom stereocenters. The number of rotatable bonds is 7. The fourth-order valence-corrected chi connectivity index (χ4v) is 4.73. The van der Waals surface area contributed by atoms with Crippen LogP contribution in [-0.2, 0) is 14.8 Å². The summed E-state index contributed by atoms with van der Waals surface area (Å²) in [6.45, 7) is 1.39. The Bertz CT molecular complexity index is 1200. The van der Waals surface area contributed by atoms with Gasteiger partial charge in [-0.25, -0.2) is 8.42 Å². The van der Waals surface area contributed by atoms with E-state index >= 15 is 0 Å². The van der Waals surface area contributed by atoms with Crippen LogP contribution in [-0.4, -0.2) is 28.0 Å². The highest BCUT2D eigenvalue weighted by atomic mass is 79.9. The van der Waals surface area contributed by atoms with Crippen LogP contribution < -0.4 is 13.8 Å². The number of aryl methyl sites for hydroxylation is 1. The normalized spacial score (nSPS) is 11.1. The van der Waals surface area contributed by atoms with Gasteiger partial charge in [-0.05, 0) is 61.0 Å². The Labute approximate surface area is 194 Å². The maximum Gasteiger partial charge on any atom is 0.278 e. The second kappa shape index (κ2) is 9.72. The van der Waals surface area contributed by atoms with Crippen molar-refractivity contribution in [1.29, 1.82) is 0 Å². The van der Waals surface area contributed by atoms with Crippen molar-refractivity contribution >= 4 is 49.1 Å². The molecule has 31 heavy (non-hydrogen) atoms. The first-order chi connectivity index (χ1) is 14.7. The summed E-state index contributed by atoms with van der Waals surface area (Å²) in [4.78, 5) is 13.1. The van der Waals surface area contributed by atoms with Crippen LogP contribution in [0.2, 0.25) is 5.02 Å². The summed E-state index contributed by atoms with van der Waals surface area (Å²) in [6.07, 6.45) is 0. The molecule has 0 spiro atoms. The van der Waals surface area contributed by atoms with E-state index in [2.05, 4.69) is 15.9 Å². The second-order valence-corrected chi connectivity index (χ2v) is 9.54. The minimum absolute atomic E-state index is 0.0326. The number of hydrogen-bond acceptors (Lipinski definition) is 5. The molecule has 0 radical (unpaired) electrons. The molecule has 0 aliphatic rings. The van der Waals surface area contributed by atoms with Gasteiger partial charge in [0.15, 0.2) is 6.61 Å². The van der Waals surface area contributed by atoms with Gasteiger partial charge in [-0.3, -0.25) is 4.79 Å². The molecular formula is C22H19BrClNO5S. The Balaban J connectivity index is 1.98. The van der Waals surface area contributed by atoms with Crippen LogP contribution in [0, 0.1) is 6.92 Å². The van der Waals surface area contributed by atoms with Crippen LogP contribution in [0.5, 0.6) is 11.5 Å². The molecule has 1 amide bonds. The van der Waals surface area contributed by atoms with E-state index in [1.165, 1.54) is 37.4 Å². The minimum Gasteiger partial charge on any atom is -0.495 e. The number of sulfonamides is 1. The van der Waals surface area contributed by atoms with Crippen LogP contribution in [0.15, 0.2) is 76.1 Å². The lowest BCUT2D eigenvalue weighted by atomic mass is 10.2. The van der Waals surface area contributed by atoms with Crippen LogP contribution in [0.3, 0.4) is 0 Å². The van der Waals surface area contributed by atoms with Gasteiger partial charge < -0.3 is 9.47 Å². The number of hydrogen-bond donors (Lipinski definition) is 0. The Morgan fingerprint density at radius 1 is 1.06 bits per heavy atom. The molecule has 162 valence electrons. The third kappa shape index (κ3) is 5.20.